The van der Waals surface area contributed by atoms with Crippen LogP contribution < -0.4 is 10.1 Å². The fourth-order valence-corrected chi connectivity index (χ4v) is 4.73. The quantitative estimate of drug-likeness (QED) is 0.540. The fourth-order valence-electron chi connectivity index (χ4n) is 4.73. The van der Waals surface area contributed by atoms with Crippen molar-refractivity contribution in [1.29, 1.82) is 0 Å². The molecule has 3 aromatic carbocycles. The molecule has 1 aliphatic heterocycles. The molecule has 0 radical (unpaired) electrons. The normalized spacial score (nSPS) is 16.4. The molecule has 0 saturated carbocycles. The van der Waals surface area contributed by atoms with Crippen molar-refractivity contribution in [3.8, 4) is 16.9 Å². The number of hydrogen-bond acceptors (Lipinski definition) is 3. The van der Waals surface area contributed by atoms with E-state index in [2.05, 4.69) is 66.5 Å². The largest absolute Gasteiger partial charge is 0.497 e. The van der Waals surface area contributed by atoms with E-state index in [4.69, 9.17) is 4.74 Å². The van der Waals surface area contributed by atoms with Gasteiger partial charge in [0.2, 0.25) is 5.91 Å². The number of carbonyl (C=O) groups is 1. The second-order valence-corrected chi connectivity index (χ2v) is 9.24. The van der Waals surface area contributed by atoms with Crippen molar-refractivity contribution in [3.05, 3.63) is 89.0 Å². The standard InChI is InChI=1S/C29H34N2O2/c1-21-15-22(2)17-26(16-21)25-10-6-24(7-11-25)19-31-14-4-5-27(20-31)30-29(32)18-23-8-12-28(33-3)13-9-23/h6-13,15-17,27H,4-5,14,18-20H2,1-3H3,(H,30,32). The first-order valence-corrected chi connectivity index (χ1v) is 11.8. The molecule has 1 atom stereocenters. The van der Waals surface area contributed by atoms with Crippen molar-refractivity contribution in [2.75, 3.05) is 20.2 Å². The third-order valence-corrected chi connectivity index (χ3v) is 6.31. The molecule has 1 fully saturated rings. The van der Waals surface area contributed by atoms with E-state index in [1.807, 2.05) is 24.3 Å². The zero-order valence-electron chi connectivity index (χ0n) is 19.9. The molecule has 0 aromatic heterocycles. The highest BCUT2D eigenvalue weighted by molar-refractivity contribution is 5.79. The number of hydrogen-bond donors (Lipinski definition) is 1. The maximum absolute atomic E-state index is 12.6. The molecule has 0 aliphatic carbocycles. The van der Waals surface area contributed by atoms with Crippen LogP contribution in [0.15, 0.2) is 66.7 Å². The molecule has 1 saturated heterocycles. The van der Waals surface area contributed by atoms with E-state index in [1.165, 1.54) is 27.8 Å². The monoisotopic (exact) mass is 442 g/mol. The van der Waals surface area contributed by atoms with Crippen molar-refractivity contribution >= 4 is 5.91 Å². The number of amides is 1. The number of piperidine rings is 1. The highest BCUT2D eigenvalue weighted by Gasteiger charge is 2.21. The number of methoxy groups -OCH3 is 1. The van der Waals surface area contributed by atoms with E-state index < -0.39 is 0 Å². The number of rotatable bonds is 7. The Labute approximate surface area is 197 Å². The van der Waals surface area contributed by atoms with Crippen LogP contribution in [-0.2, 0) is 17.8 Å². The van der Waals surface area contributed by atoms with E-state index >= 15 is 0 Å². The molecule has 4 heteroatoms. The lowest BCUT2D eigenvalue weighted by Crippen LogP contribution is -2.47. The van der Waals surface area contributed by atoms with Gasteiger partial charge in [0.1, 0.15) is 5.75 Å². The second kappa shape index (κ2) is 10.7. The first-order valence-electron chi connectivity index (χ1n) is 11.8. The van der Waals surface area contributed by atoms with Gasteiger partial charge in [-0.05, 0) is 67.6 Å². The van der Waals surface area contributed by atoms with Crippen molar-refractivity contribution in [2.45, 2.75) is 45.7 Å². The summed E-state index contributed by atoms with van der Waals surface area (Å²) in [6.45, 7) is 7.18. The Morgan fingerprint density at radius 2 is 1.61 bits per heavy atom. The first-order chi connectivity index (χ1) is 16.0. The van der Waals surface area contributed by atoms with Gasteiger partial charge >= 0.3 is 0 Å². The van der Waals surface area contributed by atoms with Crippen LogP contribution >= 0.6 is 0 Å². The molecule has 4 nitrogen and oxygen atoms in total. The van der Waals surface area contributed by atoms with Gasteiger partial charge in [-0.2, -0.15) is 0 Å². The summed E-state index contributed by atoms with van der Waals surface area (Å²) in [5.41, 5.74) is 7.44. The van der Waals surface area contributed by atoms with Crippen LogP contribution in [0.2, 0.25) is 0 Å². The number of ether oxygens (including phenoxy) is 1. The third-order valence-electron chi connectivity index (χ3n) is 6.31. The van der Waals surface area contributed by atoms with E-state index in [0.29, 0.717) is 6.42 Å². The Morgan fingerprint density at radius 3 is 2.27 bits per heavy atom. The summed E-state index contributed by atoms with van der Waals surface area (Å²) in [5.74, 6) is 0.897. The molecule has 1 unspecified atom stereocenters. The van der Waals surface area contributed by atoms with E-state index in [9.17, 15) is 4.79 Å². The molecule has 172 valence electrons. The Bertz CT molecular complexity index is 1050. The van der Waals surface area contributed by atoms with Crippen LogP contribution in [0, 0.1) is 13.8 Å². The van der Waals surface area contributed by atoms with Crippen LogP contribution in [0.25, 0.3) is 11.1 Å². The van der Waals surface area contributed by atoms with Crippen molar-refractivity contribution in [2.24, 2.45) is 0 Å². The smallest absolute Gasteiger partial charge is 0.224 e. The average Bonchev–Trinajstić information content (AvgIpc) is 2.79. The third kappa shape index (κ3) is 6.45. The minimum Gasteiger partial charge on any atom is -0.497 e. The Hall–Kier alpha value is -3.11. The molecule has 0 bridgehead atoms. The molecule has 0 spiro atoms. The van der Waals surface area contributed by atoms with Crippen LogP contribution in [-0.4, -0.2) is 37.0 Å². The van der Waals surface area contributed by atoms with Gasteiger partial charge in [0.05, 0.1) is 13.5 Å². The topological polar surface area (TPSA) is 41.6 Å². The molecular formula is C29H34N2O2. The van der Waals surface area contributed by atoms with Crippen LogP contribution in [0.3, 0.4) is 0 Å². The van der Waals surface area contributed by atoms with Gasteiger partial charge in [0, 0.05) is 19.1 Å². The number of aryl methyl sites for hydroxylation is 2. The minimum atomic E-state index is 0.0878. The lowest BCUT2D eigenvalue weighted by atomic mass is 9.99. The number of likely N-dealkylation sites (tertiary alicyclic amines) is 1. The Balaban J connectivity index is 1.30. The van der Waals surface area contributed by atoms with Gasteiger partial charge in [-0.15, -0.1) is 0 Å². The van der Waals surface area contributed by atoms with E-state index in [-0.39, 0.29) is 11.9 Å². The van der Waals surface area contributed by atoms with Crippen LogP contribution in [0.1, 0.15) is 35.1 Å². The van der Waals surface area contributed by atoms with Gasteiger partial charge in [0.15, 0.2) is 0 Å². The van der Waals surface area contributed by atoms with Gasteiger partial charge in [-0.3, -0.25) is 9.69 Å². The Kier molecular flexibility index (Phi) is 7.46. The highest BCUT2D eigenvalue weighted by atomic mass is 16.5. The molecule has 3 aromatic rings. The summed E-state index contributed by atoms with van der Waals surface area (Å²) in [4.78, 5) is 15.0. The average molecular weight is 443 g/mol. The predicted molar refractivity (Wildman–Crippen MR) is 134 cm³/mol. The summed E-state index contributed by atoms with van der Waals surface area (Å²) in [6, 6.07) is 23.5. The number of benzene rings is 3. The lowest BCUT2D eigenvalue weighted by molar-refractivity contribution is -0.121. The lowest BCUT2D eigenvalue weighted by Gasteiger charge is -2.33. The maximum atomic E-state index is 12.6. The molecular weight excluding hydrogens is 408 g/mol. The zero-order chi connectivity index (χ0) is 23.2. The summed E-state index contributed by atoms with van der Waals surface area (Å²) in [7, 11) is 1.65. The minimum absolute atomic E-state index is 0.0878. The van der Waals surface area contributed by atoms with Crippen LogP contribution in [0.5, 0.6) is 5.75 Å². The summed E-state index contributed by atoms with van der Waals surface area (Å²) < 4.78 is 5.19. The van der Waals surface area contributed by atoms with Crippen LogP contribution in [0.4, 0.5) is 0 Å². The zero-order valence-corrected chi connectivity index (χ0v) is 19.9. The van der Waals surface area contributed by atoms with Gasteiger partial charge in [-0.25, -0.2) is 0 Å². The summed E-state index contributed by atoms with van der Waals surface area (Å²) >= 11 is 0. The number of nitrogens with one attached hydrogen (secondary N) is 1. The van der Waals surface area contributed by atoms with Gasteiger partial charge in [-0.1, -0.05) is 65.7 Å². The van der Waals surface area contributed by atoms with E-state index in [1.54, 1.807) is 7.11 Å². The summed E-state index contributed by atoms with van der Waals surface area (Å²) in [6.07, 6.45) is 2.55. The SMILES string of the molecule is COc1ccc(CC(=O)NC2CCCN(Cc3ccc(-c4cc(C)cc(C)c4)cc3)C2)cc1. The van der Waals surface area contributed by atoms with Crippen molar-refractivity contribution in [3.63, 3.8) is 0 Å². The first kappa shape index (κ1) is 23.1. The number of nitrogens with zero attached hydrogens (tertiary/aromatic N) is 1. The molecule has 1 N–H and O–H groups in total. The fraction of sp³-hybridized carbons (Fsp3) is 0.345. The second-order valence-electron chi connectivity index (χ2n) is 9.24. The molecule has 1 aliphatic rings. The van der Waals surface area contributed by atoms with Crippen molar-refractivity contribution in [1.82, 2.24) is 10.2 Å². The highest BCUT2D eigenvalue weighted by Crippen LogP contribution is 2.23. The maximum Gasteiger partial charge on any atom is 0.224 e. The van der Waals surface area contributed by atoms with Gasteiger partial charge in [0.25, 0.3) is 0 Å². The summed E-state index contributed by atoms with van der Waals surface area (Å²) in [5, 5.41) is 3.24. The molecule has 33 heavy (non-hydrogen) atoms. The number of carbonyl (C=O) groups excluding carboxylic acids is 1. The van der Waals surface area contributed by atoms with Gasteiger partial charge < -0.3 is 10.1 Å². The molecule has 1 heterocycles. The predicted octanol–water partition coefficient (Wildman–Crippen LogP) is 5.30. The van der Waals surface area contributed by atoms with E-state index in [0.717, 1.165) is 43.8 Å². The van der Waals surface area contributed by atoms with Crippen molar-refractivity contribution < 1.29 is 9.53 Å². The molecule has 4 rings (SSSR count). The Morgan fingerprint density at radius 1 is 0.939 bits per heavy atom. The molecule has 1 amide bonds.